The molecule has 7 nitrogen and oxygen atoms in total. The second-order valence-corrected chi connectivity index (χ2v) is 5.43. The zero-order chi connectivity index (χ0) is 17.4. The molecule has 0 aliphatic carbocycles. The third kappa shape index (κ3) is 2.51. The van der Waals surface area contributed by atoms with E-state index in [9.17, 15) is 9.90 Å². The van der Waals surface area contributed by atoms with Crippen molar-refractivity contribution in [1.29, 1.82) is 0 Å². The zero-order valence-corrected chi connectivity index (χ0v) is 13.3. The molecule has 25 heavy (non-hydrogen) atoms. The van der Waals surface area contributed by atoms with Gasteiger partial charge in [0.2, 0.25) is 0 Å². The highest BCUT2D eigenvalue weighted by atomic mass is 16.5. The molecular formula is C18H14N4O3. The number of methoxy groups -OCH3 is 1. The molecule has 0 aliphatic rings. The van der Waals surface area contributed by atoms with Gasteiger partial charge in [0.15, 0.2) is 5.82 Å². The number of ether oxygens (including phenoxy) is 1. The number of nitrogens with one attached hydrogen (secondary N) is 1. The molecule has 0 bridgehead atoms. The Morgan fingerprint density at radius 3 is 2.96 bits per heavy atom. The SMILES string of the molecule is COc1cccc(Nc2nc3ccncc3n3ccc(C(=O)O)c23)c1. The molecule has 1 aromatic carbocycles. The summed E-state index contributed by atoms with van der Waals surface area (Å²) < 4.78 is 7.01. The number of aromatic carboxylic acids is 1. The van der Waals surface area contributed by atoms with Gasteiger partial charge in [0.25, 0.3) is 0 Å². The lowest BCUT2D eigenvalue weighted by atomic mass is 10.2. The van der Waals surface area contributed by atoms with E-state index in [2.05, 4.69) is 15.3 Å². The summed E-state index contributed by atoms with van der Waals surface area (Å²) in [4.78, 5) is 20.3. The fourth-order valence-corrected chi connectivity index (χ4v) is 2.80. The Hall–Kier alpha value is -3.61. The molecule has 3 aromatic heterocycles. The standard InChI is InChI=1S/C18H14N4O3/c1-25-12-4-2-3-11(9-12)20-17-16-13(18(23)24)6-8-22(16)15-10-19-7-5-14(15)21-17/h2-10H,1H3,(H,20,21)(H,23,24). The second-order valence-electron chi connectivity index (χ2n) is 5.43. The molecule has 0 unspecified atom stereocenters. The van der Waals surface area contributed by atoms with E-state index in [0.29, 0.717) is 22.6 Å². The van der Waals surface area contributed by atoms with Crippen molar-refractivity contribution < 1.29 is 14.6 Å². The van der Waals surface area contributed by atoms with Crippen molar-refractivity contribution in [2.75, 3.05) is 12.4 Å². The molecule has 124 valence electrons. The average Bonchev–Trinajstić information content (AvgIpc) is 3.08. The molecule has 2 N–H and O–H groups in total. The second kappa shape index (κ2) is 5.79. The summed E-state index contributed by atoms with van der Waals surface area (Å²) in [5.41, 5.74) is 2.85. The summed E-state index contributed by atoms with van der Waals surface area (Å²) in [5, 5.41) is 12.7. The van der Waals surface area contributed by atoms with E-state index in [0.717, 1.165) is 11.2 Å². The minimum Gasteiger partial charge on any atom is -0.497 e. The van der Waals surface area contributed by atoms with Crippen molar-refractivity contribution in [3.8, 4) is 5.75 Å². The number of rotatable bonds is 4. The Morgan fingerprint density at radius 2 is 2.16 bits per heavy atom. The fraction of sp³-hybridized carbons (Fsp3) is 0.0556. The summed E-state index contributed by atoms with van der Waals surface area (Å²) in [6, 6.07) is 10.7. The van der Waals surface area contributed by atoms with Crippen LogP contribution in [0.25, 0.3) is 16.6 Å². The molecular weight excluding hydrogens is 320 g/mol. The lowest BCUT2D eigenvalue weighted by molar-refractivity contribution is 0.0699. The summed E-state index contributed by atoms with van der Waals surface area (Å²) in [5.74, 6) is 0.135. The van der Waals surface area contributed by atoms with Crippen molar-refractivity contribution in [3.05, 3.63) is 60.6 Å². The third-order valence-electron chi connectivity index (χ3n) is 3.94. The number of anilines is 2. The van der Waals surface area contributed by atoms with E-state index in [1.54, 1.807) is 42.2 Å². The van der Waals surface area contributed by atoms with Crippen molar-refractivity contribution in [1.82, 2.24) is 14.4 Å². The number of hydrogen-bond donors (Lipinski definition) is 2. The quantitative estimate of drug-likeness (QED) is 0.595. The molecule has 3 heterocycles. The van der Waals surface area contributed by atoms with E-state index in [1.165, 1.54) is 0 Å². The molecule has 4 rings (SSSR count). The number of carboxylic acids is 1. The van der Waals surface area contributed by atoms with Gasteiger partial charge in [-0.1, -0.05) is 6.07 Å². The first-order valence-corrected chi connectivity index (χ1v) is 7.56. The van der Waals surface area contributed by atoms with Crippen molar-refractivity contribution >= 4 is 34.0 Å². The van der Waals surface area contributed by atoms with Gasteiger partial charge in [-0.25, -0.2) is 9.78 Å². The van der Waals surface area contributed by atoms with Gasteiger partial charge >= 0.3 is 5.97 Å². The first kappa shape index (κ1) is 14.9. The van der Waals surface area contributed by atoms with Gasteiger partial charge in [-0.3, -0.25) is 4.98 Å². The van der Waals surface area contributed by atoms with Crippen LogP contribution in [0, 0.1) is 0 Å². The summed E-state index contributed by atoms with van der Waals surface area (Å²) in [6.07, 6.45) is 5.02. The van der Waals surface area contributed by atoms with Crippen molar-refractivity contribution in [3.63, 3.8) is 0 Å². The van der Waals surface area contributed by atoms with Gasteiger partial charge in [0, 0.05) is 24.1 Å². The van der Waals surface area contributed by atoms with Crippen molar-refractivity contribution in [2.24, 2.45) is 0 Å². The van der Waals surface area contributed by atoms with Crippen LogP contribution in [0.1, 0.15) is 10.4 Å². The highest BCUT2D eigenvalue weighted by Crippen LogP contribution is 2.29. The number of hydrogen-bond acceptors (Lipinski definition) is 5. The molecule has 0 amide bonds. The van der Waals surface area contributed by atoms with Gasteiger partial charge in [-0.2, -0.15) is 0 Å². The molecule has 0 saturated heterocycles. The van der Waals surface area contributed by atoms with E-state index in [4.69, 9.17) is 4.74 Å². The molecule has 0 aliphatic heterocycles. The highest BCUT2D eigenvalue weighted by Gasteiger charge is 2.17. The molecule has 4 aromatic rings. The topological polar surface area (TPSA) is 88.8 Å². The molecule has 0 saturated carbocycles. The zero-order valence-electron chi connectivity index (χ0n) is 13.3. The molecule has 0 radical (unpaired) electrons. The largest absolute Gasteiger partial charge is 0.497 e. The molecule has 7 heteroatoms. The lowest BCUT2D eigenvalue weighted by Gasteiger charge is -2.12. The maximum atomic E-state index is 11.6. The highest BCUT2D eigenvalue weighted by molar-refractivity contribution is 6.02. The number of pyridine rings is 1. The fourth-order valence-electron chi connectivity index (χ4n) is 2.80. The maximum Gasteiger partial charge on any atom is 0.338 e. The number of aromatic nitrogens is 3. The summed E-state index contributed by atoms with van der Waals surface area (Å²) >= 11 is 0. The monoisotopic (exact) mass is 334 g/mol. The minimum absolute atomic E-state index is 0.170. The smallest absolute Gasteiger partial charge is 0.338 e. The predicted octanol–water partition coefficient (Wildman–Crippen LogP) is 3.33. The van der Waals surface area contributed by atoms with Crippen LogP contribution in [-0.4, -0.2) is 32.6 Å². The predicted molar refractivity (Wildman–Crippen MR) is 93.7 cm³/mol. The van der Waals surface area contributed by atoms with Crippen LogP contribution in [0.5, 0.6) is 5.75 Å². The Bertz CT molecular complexity index is 1100. The van der Waals surface area contributed by atoms with E-state index >= 15 is 0 Å². The van der Waals surface area contributed by atoms with E-state index < -0.39 is 5.97 Å². The van der Waals surface area contributed by atoms with E-state index in [-0.39, 0.29) is 5.56 Å². The summed E-state index contributed by atoms with van der Waals surface area (Å²) in [7, 11) is 1.59. The van der Waals surface area contributed by atoms with Crippen molar-refractivity contribution in [2.45, 2.75) is 0 Å². The first-order valence-electron chi connectivity index (χ1n) is 7.56. The Balaban J connectivity index is 1.96. The van der Waals surface area contributed by atoms with Gasteiger partial charge in [-0.05, 0) is 24.3 Å². The Kier molecular flexibility index (Phi) is 3.46. The van der Waals surface area contributed by atoms with Crippen LogP contribution in [0.4, 0.5) is 11.5 Å². The number of nitrogens with zero attached hydrogens (tertiary/aromatic N) is 3. The maximum absolute atomic E-state index is 11.6. The summed E-state index contributed by atoms with van der Waals surface area (Å²) in [6.45, 7) is 0. The molecule has 0 fully saturated rings. The first-order chi connectivity index (χ1) is 12.2. The van der Waals surface area contributed by atoms with Crippen LogP contribution >= 0.6 is 0 Å². The Morgan fingerprint density at radius 1 is 1.28 bits per heavy atom. The number of carbonyl (C=O) groups is 1. The van der Waals surface area contributed by atoms with Crippen LogP contribution in [0.2, 0.25) is 0 Å². The molecule has 0 atom stereocenters. The Labute approximate surface area is 142 Å². The average molecular weight is 334 g/mol. The molecule has 0 spiro atoms. The van der Waals surface area contributed by atoms with Gasteiger partial charge < -0.3 is 19.6 Å². The van der Waals surface area contributed by atoms with Crippen LogP contribution in [0.3, 0.4) is 0 Å². The van der Waals surface area contributed by atoms with Gasteiger partial charge in [0.05, 0.1) is 29.9 Å². The minimum atomic E-state index is -1.01. The number of carboxylic acid groups (broad SMARTS) is 1. The number of benzene rings is 1. The lowest BCUT2D eigenvalue weighted by Crippen LogP contribution is -2.03. The number of fused-ring (bicyclic) bond motifs is 3. The van der Waals surface area contributed by atoms with Gasteiger partial charge in [0.1, 0.15) is 11.3 Å². The van der Waals surface area contributed by atoms with E-state index in [1.807, 2.05) is 24.3 Å². The van der Waals surface area contributed by atoms with Crippen LogP contribution in [-0.2, 0) is 0 Å². The van der Waals surface area contributed by atoms with Gasteiger partial charge in [-0.15, -0.1) is 0 Å². The third-order valence-corrected chi connectivity index (χ3v) is 3.94. The van der Waals surface area contributed by atoms with Crippen LogP contribution < -0.4 is 10.1 Å². The van der Waals surface area contributed by atoms with Crippen LogP contribution in [0.15, 0.2) is 55.0 Å². The normalized spacial score (nSPS) is 10.9.